The Morgan fingerprint density at radius 3 is 2.40 bits per heavy atom. The molecule has 0 aliphatic carbocycles. The SMILES string of the molecule is CC.CC.Cc1cc(=O)c2occc2s1. The van der Waals surface area contributed by atoms with E-state index in [1.165, 1.54) is 0 Å². The van der Waals surface area contributed by atoms with E-state index in [1.807, 2.05) is 40.7 Å². The maximum Gasteiger partial charge on any atom is 0.223 e. The molecule has 2 aromatic heterocycles. The van der Waals surface area contributed by atoms with Gasteiger partial charge in [-0.1, -0.05) is 27.7 Å². The van der Waals surface area contributed by atoms with Crippen molar-refractivity contribution in [2.24, 2.45) is 0 Å². The van der Waals surface area contributed by atoms with Gasteiger partial charge < -0.3 is 4.42 Å². The summed E-state index contributed by atoms with van der Waals surface area (Å²) in [7, 11) is 0. The second-order valence-corrected chi connectivity index (χ2v) is 3.62. The van der Waals surface area contributed by atoms with Gasteiger partial charge in [0.1, 0.15) is 0 Å². The Morgan fingerprint density at radius 1 is 1.20 bits per heavy atom. The topological polar surface area (TPSA) is 30.2 Å². The van der Waals surface area contributed by atoms with Crippen molar-refractivity contribution in [3.63, 3.8) is 0 Å². The zero-order valence-electron chi connectivity index (χ0n) is 9.96. The lowest BCUT2D eigenvalue weighted by Crippen LogP contribution is -1.95. The molecular weight excluding hydrogens is 208 g/mol. The highest BCUT2D eigenvalue weighted by molar-refractivity contribution is 7.18. The highest BCUT2D eigenvalue weighted by atomic mass is 32.1. The molecule has 0 fully saturated rings. The van der Waals surface area contributed by atoms with Gasteiger partial charge in [0.2, 0.25) is 5.43 Å². The molecule has 2 rings (SSSR count). The Balaban J connectivity index is 0.000000442. The van der Waals surface area contributed by atoms with E-state index in [4.69, 9.17) is 4.42 Å². The van der Waals surface area contributed by atoms with Crippen LogP contribution in [0, 0.1) is 6.92 Å². The molecule has 0 saturated heterocycles. The van der Waals surface area contributed by atoms with E-state index >= 15 is 0 Å². The first kappa shape index (κ1) is 13.9. The third-order valence-electron chi connectivity index (χ3n) is 1.46. The van der Waals surface area contributed by atoms with Crippen molar-refractivity contribution >= 4 is 21.6 Å². The summed E-state index contributed by atoms with van der Waals surface area (Å²) >= 11 is 1.57. The van der Waals surface area contributed by atoms with Crippen LogP contribution in [0.4, 0.5) is 0 Å². The van der Waals surface area contributed by atoms with E-state index in [0.717, 1.165) is 9.58 Å². The predicted molar refractivity (Wildman–Crippen MR) is 67.8 cm³/mol. The van der Waals surface area contributed by atoms with Crippen molar-refractivity contribution in [1.82, 2.24) is 0 Å². The van der Waals surface area contributed by atoms with Crippen molar-refractivity contribution in [3.8, 4) is 0 Å². The Labute approximate surface area is 94.6 Å². The Hall–Kier alpha value is -1.09. The van der Waals surface area contributed by atoms with Gasteiger partial charge in [-0.2, -0.15) is 0 Å². The number of hydrogen-bond donors (Lipinski definition) is 0. The van der Waals surface area contributed by atoms with Gasteiger partial charge in [-0.05, 0) is 13.0 Å². The lowest BCUT2D eigenvalue weighted by atomic mass is 10.4. The zero-order valence-corrected chi connectivity index (χ0v) is 10.8. The van der Waals surface area contributed by atoms with Crippen LogP contribution < -0.4 is 5.43 Å². The summed E-state index contributed by atoms with van der Waals surface area (Å²) in [4.78, 5) is 12.2. The first-order valence-corrected chi connectivity index (χ1v) is 6.07. The van der Waals surface area contributed by atoms with E-state index in [1.54, 1.807) is 23.7 Å². The molecule has 0 bridgehead atoms. The van der Waals surface area contributed by atoms with Gasteiger partial charge in [0.05, 0.1) is 11.0 Å². The number of fused-ring (bicyclic) bond motifs is 1. The molecule has 0 aliphatic heterocycles. The second-order valence-electron chi connectivity index (χ2n) is 2.34. The third-order valence-corrected chi connectivity index (χ3v) is 2.44. The fourth-order valence-corrected chi connectivity index (χ4v) is 1.89. The summed E-state index contributed by atoms with van der Waals surface area (Å²) in [6.07, 6.45) is 1.54. The maximum atomic E-state index is 11.2. The molecule has 15 heavy (non-hydrogen) atoms. The van der Waals surface area contributed by atoms with Gasteiger partial charge in [0.25, 0.3) is 0 Å². The molecule has 0 aliphatic rings. The van der Waals surface area contributed by atoms with Crippen molar-refractivity contribution in [3.05, 3.63) is 33.5 Å². The lowest BCUT2D eigenvalue weighted by Gasteiger charge is -1.87. The van der Waals surface area contributed by atoms with E-state index in [-0.39, 0.29) is 5.43 Å². The first-order valence-electron chi connectivity index (χ1n) is 5.25. The fourth-order valence-electron chi connectivity index (χ4n) is 1.01. The van der Waals surface area contributed by atoms with Crippen LogP contribution in [0.3, 0.4) is 0 Å². The van der Waals surface area contributed by atoms with E-state index in [2.05, 4.69) is 0 Å². The molecular formula is C12H18O2S. The summed E-state index contributed by atoms with van der Waals surface area (Å²) < 4.78 is 5.93. The average Bonchev–Trinajstić information content (AvgIpc) is 2.72. The number of rotatable bonds is 0. The largest absolute Gasteiger partial charge is 0.459 e. The third kappa shape index (κ3) is 3.51. The highest BCUT2D eigenvalue weighted by Crippen LogP contribution is 2.18. The smallest absolute Gasteiger partial charge is 0.223 e. The quantitative estimate of drug-likeness (QED) is 0.673. The average molecular weight is 226 g/mol. The van der Waals surface area contributed by atoms with Crippen LogP contribution in [0.2, 0.25) is 0 Å². The van der Waals surface area contributed by atoms with Gasteiger partial charge in [0, 0.05) is 10.9 Å². The summed E-state index contributed by atoms with van der Waals surface area (Å²) in [6.45, 7) is 9.92. The molecule has 0 atom stereocenters. The van der Waals surface area contributed by atoms with Crippen LogP contribution in [0.25, 0.3) is 10.3 Å². The van der Waals surface area contributed by atoms with Gasteiger partial charge in [-0.15, -0.1) is 11.3 Å². The maximum absolute atomic E-state index is 11.2. The molecule has 84 valence electrons. The van der Waals surface area contributed by atoms with Crippen LogP contribution in [-0.2, 0) is 0 Å². The van der Waals surface area contributed by atoms with E-state index < -0.39 is 0 Å². The number of aryl methyl sites for hydroxylation is 1. The van der Waals surface area contributed by atoms with Gasteiger partial charge in [0.15, 0.2) is 5.58 Å². The highest BCUT2D eigenvalue weighted by Gasteiger charge is 2.01. The standard InChI is InChI=1S/C8H6O2S.2C2H6/c1-5-4-6(9)8-7(11-5)2-3-10-8;2*1-2/h2-4H,1H3;2*1-2H3. The lowest BCUT2D eigenvalue weighted by molar-refractivity contribution is 0.613. The minimum absolute atomic E-state index is 0.0266. The predicted octanol–water partition coefficient (Wildman–Crippen LogP) is 4.22. The molecule has 2 aromatic rings. The number of furan rings is 1. The minimum atomic E-state index is -0.0266. The van der Waals surface area contributed by atoms with Crippen molar-refractivity contribution in [2.75, 3.05) is 0 Å². The zero-order chi connectivity index (χ0) is 11.8. The minimum Gasteiger partial charge on any atom is -0.459 e. The van der Waals surface area contributed by atoms with E-state index in [9.17, 15) is 4.79 Å². The molecule has 0 aromatic carbocycles. The molecule has 0 spiro atoms. The monoisotopic (exact) mass is 226 g/mol. The van der Waals surface area contributed by atoms with Crippen LogP contribution >= 0.6 is 11.3 Å². The molecule has 3 heteroatoms. The van der Waals surface area contributed by atoms with Crippen LogP contribution in [0.15, 0.2) is 27.6 Å². The Kier molecular flexibility index (Phi) is 6.71. The Bertz CT molecular complexity index is 440. The van der Waals surface area contributed by atoms with Crippen LogP contribution in [-0.4, -0.2) is 0 Å². The van der Waals surface area contributed by atoms with Crippen molar-refractivity contribution in [2.45, 2.75) is 34.6 Å². The summed E-state index contributed by atoms with van der Waals surface area (Å²) in [5.74, 6) is 0. The van der Waals surface area contributed by atoms with Crippen molar-refractivity contribution < 1.29 is 4.42 Å². The Morgan fingerprint density at radius 2 is 1.80 bits per heavy atom. The molecule has 0 unspecified atom stereocenters. The van der Waals surface area contributed by atoms with Crippen LogP contribution in [0.5, 0.6) is 0 Å². The number of hydrogen-bond acceptors (Lipinski definition) is 3. The first-order chi connectivity index (χ1) is 7.27. The molecule has 0 saturated carbocycles. The molecule has 2 heterocycles. The summed E-state index contributed by atoms with van der Waals surface area (Å²) in [5, 5.41) is 0. The molecule has 0 N–H and O–H groups in total. The molecule has 0 amide bonds. The summed E-state index contributed by atoms with van der Waals surface area (Å²) in [6, 6.07) is 3.41. The van der Waals surface area contributed by atoms with Gasteiger partial charge in [-0.3, -0.25) is 4.79 Å². The normalized spacial score (nSPS) is 8.60. The molecule has 0 radical (unpaired) electrons. The van der Waals surface area contributed by atoms with Gasteiger partial charge in [-0.25, -0.2) is 0 Å². The summed E-state index contributed by atoms with van der Waals surface area (Å²) in [5.41, 5.74) is 0.446. The second kappa shape index (κ2) is 7.23. The fraction of sp³-hybridized carbons (Fsp3) is 0.417. The molecule has 2 nitrogen and oxygen atoms in total. The van der Waals surface area contributed by atoms with Gasteiger partial charge >= 0.3 is 0 Å². The van der Waals surface area contributed by atoms with Crippen molar-refractivity contribution in [1.29, 1.82) is 0 Å². The van der Waals surface area contributed by atoms with E-state index in [0.29, 0.717) is 5.58 Å². The van der Waals surface area contributed by atoms with Crippen LogP contribution in [0.1, 0.15) is 32.6 Å².